The molecule has 0 radical (unpaired) electrons. The molecule has 0 unspecified atom stereocenters. The molecule has 0 aliphatic heterocycles. The van der Waals surface area contributed by atoms with Crippen molar-refractivity contribution in [3.8, 4) is 5.75 Å². The van der Waals surface area contributed by atoms with Crippen LogP contribution >= 0.6 is 0 Å². The zero-order valence-corrected chi connectivity index (χ0v) is 12.3. The quantitative estimate of drug-likeness (QED) is 0.566. The van der Waals surface area contributed by atoms with Crippen LogP contribution in [-0.4, -0.2) is 38.7 Å². The van der Waals surface area contributed by atoms with Crippen molar-refractivity contribution in [2.45, 2.75) is 6.92 Å². The molecule has 1 aromatic rings. The Morgan fingerprint density at radius 2 is 2.10 bits per heavy atom. The molecule has 0 aliphatic carbocycles. The van der Waals surface area contributed by atoms with E-state index >= 15 is 0 Å². The molecule has 1 amide bonds. The van der Waals surface area contributed by atoms with E-state index in [1.807, 2.05) is 0 Å². The van der Waals surface area contributed by atoms with Crippen LogP contribution in [0.15, 0.2) is 18.2 Å². The molecule has 2 N–H and O–H groups in total. The fraction of sp³-hybridized carbons (Fsp3) is 0.364. The third-order valence-electron chi connectivity index (χ3n) is 2.64. The molecule has 0 atom stereocenters. The summed E-state index contributed by atoms with van der Waals surface area (Å²) in [5, 5.41) is 10.8. The molecule has 0 saturated carbocycles. The van der Waals surface area contributed by atoms with Crippen molar-refractivity contribution < 1.29 is 22.9 Å². The lowest BCUT2D eigenvalue weighted by molar-refractivity contribution is -0.384. The van der Waals surface area contributed by atoms with Gasteiger partial charge in [-0.15, -0.1) is 0 Å². The van der Waals surface area contributed by atoms with Crippen LogP contribution in [0.5, 0.6) is 5.75 Å². The van der Waals surface area contributed by atoms with Gasteiger partial charge in [-0.3, -0.25) is 19.2 Å². The highest BCUT2D eigenvalue weighted by molar-refractivity contribution is 7.92. The molecular formula is C11H15N3O6S. The minimum atomic E-state index is -3.85. The Kier molecular flexibility index (Phi) is 5.08. The molecule has 0 bridgehead atoms. The molecule has 0 fully saturated rings. The lowest BCUT2D eigenvalue weighted by Gasteiger charge is -2.23. The number of amides is 1. The number of nitrogens with zero attached hydrogens (tertiary/aromatic N) is 2. The summed E-state index contributed by atoms with van der Waals surface area (Å²) in [7, 11) is -2.57. The SMILES string of the molecule is CCS(=O)(=O)N(CC(N)=O)c1cc([N+](=O)[O-])ccc1OC. The summed E-state index contributed by atoms with van der Waals surface area (Å²) in [4.78, 5) is 21.3. The van der Waals surface area contributed by atoms with Crippen molar-refractivity contribution in [1.82, 2.24) is 0 Å². The Labute approximate surface area is 121 Å². The second-order valence-corrected chi connectivity index (χ2v) is 6.17. The maximum Gasteiger partial charge on any atom is 0.271 e. The first-order valence-electron chi connectivity index (χ1n) is 5.84. The summed E-state index contributed by atoms with van der Waals surface area (Å²) in [5.41, 5.74) is 4.62. The molecular weight excluding hydrogens is 302 g/mol. The van der Waals surface area contributed by atoms with E-state index in [1.54, 1.807) is 0 Å². The van der Waals surface area contributed by atoms with Crippen LogP contribution in [0.4, 0.5) is 11.4 Å². The normalized spacial score (nSPS) is 11.0. The molecule has 1 aromatic carbocycles. The van der Waals surface area contributed by atoms with Gasteiger partial charge in [0.05, 0.1) is 17.8 Å². The van der Waals surface area contributed by atoms with Crippen LogP contribution < -0.4 is 14.8 Å². The number of rotatable bonds is 7. The number of non-ortho nitro benzene ring substituents is 1. The monoisotopic (exact) mass is 317 g/mol. The van der Waals surface area contributed by atoms with Crippen LogP contribution in [-0.2, 0) is 14.8 Å². The standard InChI is InChI=1S/C11H15N3O6S/c1-3-21(18,19)13(7-11(12)15)9-6-8(14(16)17)4-5-10(9)20-2/h4-6H,3,7H2,1-2H3,(H2,12,15). The van der Waals surface area contributed by atoms with Crippen molar-refractivity contribution >= 4 is 27.3 Å². The number of methoxy groups -OCH3 is 1. The molecule has 10 heteroatoms. The van der Waals surface area contributed by atoms with E-state index in [1.165, 1.54) is 26.2 Å². The van der Waals surface area contributed by atoms with Crippen LogP contribution in [0.1, 0.15) is 6.92 Å². The van der Waals surface area contributed by atoms with Gasteiger partial charge in [0, 0.05) is 12.1 Å². The van der Waals surface area contributed by atoms with Gasteiger partial charge in [-0.1, -0.05) is 0 Å². The van der Waals surface area contributed by atoms with Gasteiger partial charge in [-0.25, -0.2) is 8.42 Å². The molecule has 0 spiro atoms. The Morgan fingerprint density at radius 3 is 2.52 bits per heavy atom. The van der Waals surface area contributed by atoms with E-state index in [9.17, 15) is 23.3 Å². The number of sulfonamides is 1. The van der Waals surface area contributed by atoms with Crippen molar-refractivity contribution in [3.63, 3.8) is 0 Å². The Bertz CT molecular complexity index is 658. The van der Waals surface area contributed by atoms with Gasteiger partial charge in [0.15, 0.2) is 0 Å². The number of nitrogens with two attached hydrogens (primary N) is 1. The second kappa shape index (κ2) is 6.39. The number of carbonyl (C=O) groups is 1. The summed E-state index contributed by atoms with van der Waals surface area (Å²) in [5.74, 6) is -1.11. The summed E-state index contributed by atoms with van der Waals surface area (Å²) in [6.07, 6.45) is 0. The number of anilines is 1. The molecule has 116 valence electrons. The van der Waals surface area contributed by atoms with Gasteiger partial charge >= 0.3 is 0 Å². The highest BCUT2D eigenvalue weighted by Crippen LogP contribution is 2.33. The van der Waals surface area contributed by atoms with Crippen LogP contribution in [0.3, 0.4) is 0 Å². The van der Waals surface area contributed by atoms with Crippen LogP contribution in [0.25, 0.3) is 0 Å². The molecule has 0 heterocycles. The summed E-state index contributed by atoms with van der Waals surface area (Å²) < 4.78 is 29.9. The molecule has 0 saturated heterocycles. The number of hydrogen-bond donors (Lipinski definition) is 1. The van der Waals surface area contributed by atoms with Crippen LogP contribution in [0.2, 0.25) is 0 Å². The fourth-order valence-electron chi connectivity index (χ4n) is 1.62. The Hall–Kier alpha value is -2.36. The van der Waals surface area contributed by atoms with Gasteiger partial charge in [-0.05, 0) is 13.0 Å². The maximum absolute atomic E-state index is 12.1. The molecule has 1 rings (SSSR count). The zero-order chi connectivity index (χ0) is 16.2. The van der Waals surface area contributed by atoms with Crippen molar-refractivity contribution in [2.24, 2.45) is 5.73 Å². The highest BCUT2D eigenvalue weighted by atomic mass is 32.2. The molecule has 0 aliphatic rings. The van der Waals surface area contributed by atoms with Crippen LogP contribution in [0, 0.1) is 10.1 Å². The number of nitro benzene ring substituents is 1. The van der Waals surface area contributed by atoms with Crippen molar-refractivity contribution in [3.05, 3.63) is 28.3 Å². The Balaban J connectivity index is 3.51. The number of carbonyl (C=O) groups excluding carboxylic acids is 1. The van der Waals surface area contributed by atoms with Crippen molar-refractivity contribution in [1.29, 1.82) is 0 Å². The highest BCUT2D eigenvalue weighted by Gasteiger charge is 2.27. The topological polar surface area (TPSA) is 133 Å². The summed E-state index contributed by atoms with van der Waals surface area (Å²) in [6.45, 7) is 0.751. The van der Waals surface area contributed by atoms with E-state index in [0.29, 0.717) is 4.31 Å². The van der Waals surface area contributed by atoms with E-state index < -0.39 is 27.4 Å². The van der Waals surface area contributed by atoms with E-state index in [2.05, 4.69) is 0 Å². The van der Waals surface area contributed by atoms with Gasteiger partial charge in [0.2, 0.25) is 15.9 Å². The molecule has 9 nitrogen and oxygen atoms in total. The van der Waals surface area contributed by atoms with E-state index in [4.69, 9.17) is 10.5 Å². The lowest BCUT2D eigenvalue weighted by Crippen LogP contribution is -2.39. The van der Waals surface area contributed by atoms with Gasteiger partial charge in [0.25, 0.3) is 5.69 Å². The lowest BCUT2D eigenvalue weighted by atomic mass is 10.2. The average molecular weight is 317 g/mol. The first kappa shape index (κ1) is 16.7. The number of hydrogen-bond acceptors (Lipinski definition) is 6. The smallest absolute Gasteiger partial charge is 0.271 e. The third kappa shape index (κ3) is 3.81. The fourth-order valence-corrected chi connectivity index (χ4v) is 2.70. The number of nitro groups is 1. The number of primary amides is 1. The van der Waals surface area contributed by atoms with Gasteiger partial charge in [-0.2, -0.15) is 0 Å². The Morgan fingerprint density at radius 1 is 1.48 bits per heavy atom. The van der Waals surface area contributed by atoms with Gasteiger partial charge < -0.3 is 10.5 Å². The second-order valence-electron chi connectivity index (χ2n) is 3.99. The first-order chi connectivity index (χ1) is 9.72. The molecule has 0 aromatic heterocycles. The van der Waals surface area contributed by atoms with Crippen molar-refractivity contribution in [2.75, 3.05) is 23.7 Å². The minimum absolute atomic E-state index is 0.0823. The zero-order valence-electron chi connectivity index (χ0n) is 11.5. The molecule has 21 heavy (non-hydrogen) atoms. The predicted molar refractivity (Wildman–Crippen MR) is 75.6 cm³/mol. The third-order valence-corrected chi connectivity index (χ3v) is 4.37. The summed E-state index contributed by atoms with van der Waals surface area (Å²) in [6, 6.07) is 3.45. The van der Waals surface area contributed by atoms with Gasteiger partial charge in [0.1, 0.15) is 18.0 Å². The van der Waals surface area contributed by atoms with E-state index in [-0.39, 0.29) is 22.9 Å². The average Bonchev–Trinajstić information content (AvgIpc) is 2.43. The number of ether oxygens (including phenoxy) is 1. The first-order valence-corrected chi connectivity index (χ1v) is 7.45. The minimum Gasteiger partial charge on any atom is -0.495 e. The largest absolute Gasteiger partial charge is 0.495 e. The summed E-state index contributed by atoms with van der Waals surface area (Å²) >= 11 is 0. The number of benzene rings is 1. The maximum atomic E-state index is 12.1. The van der Waals surface area contributed by atoms with E-state index in [0.717, 1.165) is 6.07 Å². The predicted octanol–water partition coefficient (Wildman–Crippen LogP) is 0.245.